The van der Waals surface area contributed by atoms with Crippen LogP contribution in [0.5, 0.6) is 0 Å². The first kappa shape index (κ1) is 10.2. The van der Waals surface area contributed by atoms with E-state index in [1.54, 1.807) is 18.2 Å². The zero-order valence-electron chi connectivity index (χ0n) is 7.39. The maximum Gasteiger partial charge on any atom is 0.130 e. The molecule has 0 unspecified atom stereocenters. The first-order valence-electron chi connectivity index (χ1n) is 3.67. The molecule has 0 atom stereocenters. The lowest BCUT2D eigenvalue weighted by Crippen LogP contribution is -2.13. The van der Waals surface area contributed by atoms with Gasteiger partial charge in [-0.15, -0.1) is 0 Å². The number of alkyl halides is 1. The van der Waals surface area contributed by atoms with Crippen LogP contribution in [0.1, 0.15) is 20.8 Å². The molecule has 0 bridgehead atoms. The van der Waals surface area contributed by atoms with Crippen molar-refractivity contribution in [3.63, 3.8) is 0 Å². The Hall–Kier alpha value is -0.850. The minimum Gasteiger partial charge on any atom is -0.239 e. The summed E-state index contributed by atoms with van der Waals surface area (Å²) in [5.41, 5.74) is -0.683. The fourth-order valence-electron chi connectivity index (χ4n) is 0.709. The Morgan fingerprint density at radius 2 is 2.00 bits per heavy atom. The fraction of sp³-hybridized carbons (Fsp3) is 0.400. The number of rotatable bonds is 3. The molecule has 0 radical (unpaired) electrons. The van der Waals surface area contributed by atoms with E-state index in [4.69, 9.17) is 0 Å². The van der Waals surface area contributed by atoms with Gasteiger partial charge in [-0.1, -0.05) is 30.9 Å². The summed E-state index contributed by atoms with van der Waals surface area (Å²) in [7, 11) is 0. The van der Waals surface area contributed by atoms with Gasteiger partial charge in [0.25, 0.3) is 0 Å². The average Bonchev–Trinajstić information content (AvgIpc) is 1.87. The van der Waals surface area contributed by atoms with E-state index in [2.05, 4.69) is 6.58 Å². The second-order valence-electron chi connectivity index (χ2n) is 2.82. The summed E-state index contributed by atoms with van der Waals surface area (Å²) >= 11 is 0. The SMILES string of the molecule is C=C/C(=C\C=C/C)C(C)(C)F. The first-order valence-corrected chi connectivity index (χ1v) is 3.67. The molecule has 0 aliphatic carbocycles. The lowest BCUT2D eigenvalue weighted by atomic mass is 10.00. The lowest BCUT2D eigenvalue weighted by molar-refractivity contribution is 0.274. The summed E-state index contributed by atoms with van der Waals surface area (Å²) < 4.78 is 13.2. The Balaban J connectivity index is 4.53. The molecule has 0 aliphatic rings. The molecule has 0 saturated heterocycles. The third kappa shape index (κ3) is 3.76. The monoisotopic (exact) mass is 154 g/mol. The van der Waals surface area contributed by atoms with Gasteiger partial charge in [-0.2, -0.15) is 0 Å². The predicted molar refractivity (Wildman–Crippen MR) is 48.3 cm³/mol. The van der Waals surface area contributed by atoms with Gasteiger partial charge in [-0.05, 0) is 26.3 Å². The number of hydrogen-bond donors (Lipinski definition) is 0. The third-order valence-corrected chi connectivity index (χ3v) is 1.37. The Bertz CT molecular complexity index is 180. The smallest absolute Gasteiger partial charge is 0.130 e. The number of halogens is 1. The zero-order chi connectivity index (χ0) is 8.91. The van der Waals surface area contributed by atoms with E-state index in [0.29, 0.717) is 5.57 Å². The molecule has 11 heavy (non-hydrogen) atoms. The molecule has 0 spiro atoms. The van der Waals surface area contributed by atoms with Gasteiger partial charge in [-0.25, -0.2) is 4.39 Å². The van der Waals surface area contributed by atoms with Crippen LogP contribution in [0.3, 0.4) is 0 Å². The van der Waals surface area contributed by atoms with Gasteiger partial charge in [0.2, 0.25) is 0 Å². The van der Waals surface area contributed by atoms with Crippen molar-refractivity contribution in [1.82, 2.24) is 0 Å². The maximum atomic E-state index is 13.2. The highest BCUT2D eigenvalue weighted by Gasteiger charge is 2.17. The van der Waals surface area contributed by atoms with E-state index in [1.165, 1.54) is 13.8 Å². The molecular weight excluding hydrogens is 139 g/mol. The van der Waals surface area contributed by atoms with Crippen molar-refractivity contribution >= 4 is 0 Å². The molecule has 0 rings (SSSR count). The Morgan fingerprint density at radius 1 is 1.45 bits per heavy atom. The number of allylic oxidation sites excluding steroid dienone is 5. The average molecular weight is 154 g/mol. The maximum absolute atomic E-state index is 13.2. The van der Waals surface area contributed by atoms with Crippen LogP contribution in [0, 0.1) is 0 Å². The van der Waals surface area contributed by atoms with Gasteiger partial charge in [-0.3, -0.25) is 0 Å². The number of hydrogen-bond acceptors (Lipinski definition) is 0. The lowest BCUT2D eigenvalue weighted by Gasteiger charge is -2.14. The van der Waals surface area contributed by atoms with Crippen LogP contribution in [0.15, 0.2) is 36.5 Å². The molecular formula is C10H15F. The zero-order valence-corrected chi connectivity index (χ0v) is 7.39. The third-order valence-electron chi connectivity index (χ3n) is 1.37. The van der Waals surface area contributed by atoms with Crippen LogP contribution in [0.25, 0.3) is 0 Å². The minimum atomic E-state index is -1.29. The summed E-state index contributed by atoms with van der Waals surface area (Å²) in [6.45, 7) is 8.47. The van der Waals surface area contributed by atoms with Crippen LogP contribution in [-0.2, 0) is 0 Å². The van der Waals surface area contributed by atoms with Gasteiger partial charge in [0.15, 0.2) is 0 Å². The molecule has 0 heterocycles. The van der Waals surface area contributed by atoms with E-state index < -0.39 is 5.67 Å². The second kappa shape index (κ2) is 4.12. The van der Waals surface area contributed by atoms with Crippen LogP contribution < -0.4 is 0 Å². The molecule has 0 aliphatic heterocycles. The quantitative estimate of drug-likeness (QED) is 0.546. The Kier molecular flexibility index (Phi) is 3.80. The fourth-order valence-corrected chi connectivity index (χ4v) is 0.709. The molecule has 1 heteroatoms. The normalized spacial score (nSPS) is 14.0. The Morgan fingerprint density at radius 3 is 2.27 bits per heavy atom. The van der Waals surface area contributed by atoms with Crippen LogP contribution in [0.4, 0.5) is 4.39 Å². The van der Waals surface area contributed by atoms with Gasteiger partial charge >= 0.3 is 0 Å². The van der Waals surface area contributed by atoms with Crippen molar-refractivity contribution < 1.29 is 4.39 Å². The molecule has 0 aromatic heterocycles. The molecule has 0 aromatic carbocycles. The summed E-state index contributed by atoms with van der Waals surface area (Å²) in [5.74, 6) is 0. The molecule has 0 N–H and O–H groups in total. The summed E-state index contributed by atoms with van der Waals surface area (Å²) in [6, 6.07) is 0. The molecule has 0 aromatic rings. The molecule has 62 valence electrons. The van der Waals surface area contributed by atoms with Crippen molar-refractivity contribution in [3.05, 3.63) is 36.5 Å². The van der Waals surface area contributed by atoms with E-state index in [1.807, 2.05) is 13.0 Å². The van der Waals surface area contributed by atoms with E-state index in [9.17, 15) is 4.39 Å². The van der Waals surface area contributed by atoms with E-state index in [0.717, 1.165) is 0 Å². The van der Waals surface area contributed by atoms with Crippen molar-refractivity contribution in [2.75, 3.05) is 0 Å². The largest absolute Gasteiger partial charge is 0.239 e. The van der Waals surface area contributed by atoms with Crippen molar-refractivity contribution in [2.24, 2.45) is 0 Å². The summed E-state index contributed by atoms with van der Waals surface area (Å²) in [6.07, 6.45) is 6.93. The van der Waals surface area contributed by atoms with Gasteiger partial charge < -0.3 is 0 Å². The van der Waals surface area contributed by atoms with Crippen LogP contribution in [-0.4, -0.2) is 5.67 Å². The second-order valence-corrected chi connectivity index (χ2v) is 2.82. The highest BCUT2D eigenvalue weighted by molar-refractivity contribution is 5.29. The van der Waals surface area contributed by atoms with Crippen molar-refractivity contribution in [1.29, 1.82) is 0 Å². The van der Waals surface area contributed by atoms with E-state index >= 15 is 0 Å². The van der Waals surface area contributed by atoms with Crippen LogP contribution in [0.2, 0.25) is 0 Å². The predicted octanol–water partition coefficient (Wildman–Crippen LogP) is 3.42. The van der Waals surface area contributed by atoms with Crippen molar-refractivity contribution in [2.45, 2.75) is 26.4 Å². The molecule has 0 nitrogen and oxygen atoms in total. The van der Waals surface area contributed by atoms with E-state index in [-0.39, 0.29) is 0 Å². The first-order chi connectivity index (χ1) is 5.02. The van der Waals surface area contributed by atoms with Gasteiger partial charge in [0.1, 0.15) is 5.67 Å². The highest BCUT2D eigenvalue weighted by Crippen LogP contribution is 2.20. The summed E-state index contributed by atoms with van der Waals surface area (Å²) in [4.78, 5) is 0. The minimum absolute atomic E-state index is 0.607. The topological polar surface area (TPSA) is 0 Å². The standard InChI is InChI=1S/C10H15F/c1-5-7-8-9(6-2)10(3,4)11/h5-8H,2H2,1,3-4H3/b7-5-,9-8+. The molecule has 0 amide bonds. The van der Waals surface area contributed by atoms with Crippen LogP contribution >= 0.6 is 0 Å². The summed E-state index contributed by atoms with van der Waals surface area (Å²) in [5, 5.41) is 0. The van der Waals surface area contributed by atoms with Gasteiger partial charge in [0, 0.05) is 0 Å². The molecule has 0 fully saturated rings. The highest BCUT2D eigenvalue weighted by atomic mass is 19.1. The molecule has 0 saturated carbocycles. The van der Waals surface area contributed by atoms with Crippen molar-refractivity contribution in [3.8, 4) is 0 Å². The van der Waals surface area contributed by atoms with Gasteiger partial charge in [0.05, 0.1) is 0 Å². The Labute approximate surface area is 68.1 Å².